The van der Waals surface area contributed by atoms with Gasteiger partial charge in [0, 0.05) is 19.5 Å². The van der Waals surface area contributed by atoms with Crippen LogP contribution in [0, 0.1) is 56.7 Å². The minimum absolute atomic E-state index is 0.0529. The van der Waals surface area contributed by atoms with E-state index >= 15 is 0 Å². The predicted octanol–water partition coefficient (Wildman–Crippen LogP) is 12.2. The molecule has 0 aromatic heterocycles. The Morgan fingerprint density at radius 2 is 1.35 bits per heavy atom. The molecule has 5 heteroatoms. The Morgan fingerprint density at radius 3 is 2.00 bits per heavy atom. The standard InChI is InChI=1S/C52H82N2O3/c1-9-10-11-12-13-14-15-16-17-18-19-20-21-22-23-24-25-26-45(56)53-37-38-54-47(57)52-34-29-39(2)40(3)46(52)41-27-28-43-49(6)32-31-44(55)48(4,5)42(49)30-33-51(43,8)50(41,7)35-36-52/h10-11,13-14,16-17,19-20,22-23,27,39-40,42-44,46,55H,9,12,15,18,21,24-26,28-38H2,1-8H3,(H,53,56)(H,54,57)/b11-10-,14-13-,17-16-,20-19-,23-22-/t39-,40+,42?,43?,44+,46?,49+,50-,51-,52+/m1/s1. The van der Waals surface area contributed by atoms with Gasteiger partial charge in [0.2, 0.25) is 11.8 Å². The lowest BCUT2D eigenvalue weighted by molar-refractivity contribution is -0.204. The van der Waals surface area contributed by atoms with Crippen LogP contribution in [0.2, 0.25) is 0 Å². The van der Waals surface area contributed by atoms with Gasteiger partial charge in [-0.1, -0.05) is 128 Å². The third-order valence-electron chi connectivity index (χ3n) is 17.1. The van der Waals surface area contributed by atoms with Crippen LogP contribution in [0.3, 0.4) is 0 Å². The van der Waals surface area contributed by atoms with E-state index in [0.29, 0.717) is 43.2 Å². The number of allylic oxidation sites excluding steroid dienone is 12. The van der Waals surface area contributed by atoms with Gasteiger partial charge in [-0.25, -0.2) is 0 Å². The van der Waals surface area contributed by atoms with Crippen LogP contribution in [0.5, 0.6) is 0 Å². The number of fused-ring (bicyclic) bond motifs is 7. The first-order valence-electron chi connectivity index (χ1n) is 23.4. The lowest BCUT2D eigenvalue weighted by Gasteiger charge is -2.71. The molecule has 3 N–H and O–H groups in total. The largest absolute Gasteiger partial charge is 0.393 e. The molecule has 5 rings (SSSR count). The molecule has 0 aromatic rings. The second-order valence-corrected chi connectivity index (χ2v) is 20.4. The molecule has 10 atom stereocenters. The van der Waals surface area contributed by atoms with Crippen molar-refractivity contribution in [1.82, 2.24) is 10.6 Å². The number of rotatable bonds is 17. The highest BCUT2D eigenvalue weighted by Gasteiger charge is 2.69. The molecule has 2 amide bonds. The van der Waals surface area contributed by atoms with Crippen molar-refractivity contribution in [3.63, 3.8) is 0 Å². The van der Waals surface area contributed by atoms with Crippen LogP contribution in [-0.4, -0.2) is 36.1 Å². The summed E-state index contributed by atoms with van der Waals surface area (Å²) in [4.78, 5) is 27.1. The molecule has 5 aliphatic carbocycles. The Balaban J connectivity index is 1.08. The van der Waals surface area contributed by atoms with E-state index in [1.165, 1.54) is 12.8 Å². The second-order valence-electron chi connectivity index (χ2n) is 20.4. The summed E-state index contributed by atoms with van der Waals surface area (Å²) in [5.74, 6) is 2.72. The molecule has 5 nitrogen and oxygen atoms in total. The Kier molecular flexibility index (Phi) is 15.6. The van der Waals surface area contributed by atoms with Gasteiger partial charge in [0.1, 0.15) is 0 Å². The molecule has 5 aliphatic rings. The zero-order chi connectivity index (χ0) is 41.3. The van der Waals surface area contributed by atoms with Gasteiger partial charge in [0.05, 0.1) is 11.5 Å². The van der Waals surface area contributed by atoms with E-state index in [-0.39, 0.29) is 50.9 Å². The Hall–Kier alpha value is -2.66. The van der Waals surface area contributed by atoms with Crippen LogP contribution in [-0.2, 0) is 9.59 Å². The lowest BCUT2D eigenvalue weighted by atomic mass is 9.33. The molecular weight excluding hydrogens is 701 g/mol. The fraction of sp³-hybridized carbons (Fsp3) is 0.731. The van der Waals surface area contributed by atoms with Crippen LogP contribution in [0.4, 0.5) is 0 Å². The van der Waals surface area contributed by atoms with E-state index in [9.17, 15) is 14.7 Å². The van der Waals surface area contributed by atoms with Gasteiger partial charge in [0.25, 0.3) is 0 Å². The lowest BCUT2D eigenvalue weighted by Crippen LogP contribution is -2.66. The van der Waals surface area contributed by atoms with Crippen molar-refractivity contribution in [3.05, 3.63) is 72.4 Å². The van der Waals surface area contributed by atoms with Crippen LogP contribution < -0.4 is 10.6 Å². The van der Waals surface area contributed by atoms with E-state index in [1.54, 1.807) is 5.57 Å². The van der Waals surface area contributed by atoms with Gasteiger partial charge in [-0.3, -0.25) is 9.59 Å². The molecule has 3 unspecified atom stereocenters. The zero-order valence-electron chi connectivity index (χ0n) is 37.5. The Morgan fingerprint density at radius 1 is 0.737 bits per heavy atom. The first-order chi connectivity index (χ1) is 27.2. The summed E-state index contributed by atoms with van der Waals surface area (Å²) < 4.78 is 0. The van der Waals surface area contributed by atoms with Crippen molar-refractivity contribution in [3.8, 4) is 0 Å². The normalized spacial score (nSPS) is 37.6. The summed E-state index contributed by atoms with van der Waals surface area (Å²) in [6.45, 7) is 20.4. The average Bonchev–Trinajstić information content (AvgIpc) is 3.17. The first kappa shape index (κ1) is 45.4. The summed E-state index contributed by atoms with van der Waals surface area (Å²) in [5.41, 5.74) is 1.65. The number of carbonyl (C=O) groups excluding carboxylic acids is 2. The van der Waals surface area contributed by atoms with Gasteiger partial charge in [-0.05, 0) is 154 Å². The van der Waals surface area contributed by atoms with Crippen LogP contribution in [0.15, 0.2) is 72.4 Å². The molecule has 0 heterocycles. The molecule has 4 saturated carbocycles. The smallest absolute Gasteiger partial charge is 0.226 e. The van der Waals surface area contributed by atoms with Crippen molar-refractivity contribution >= 4 is 11.8 Å². The SMILES string of the molecule is CC/C=C\C/C=C\C/C=C\C/C=C\C/C=C\CCCC(=O)NCCNC(=O)[C@]12CC[C@@H](C)[C@H](C)C1C1=CCC3[C@@]4(C)CC[C@H](O)C(C)(C)C4CC[C@@]3(C)[C@]1(C)CC2. The Labute approximate surface area is 348 Å². The van der Waals surface area contributed by atoms with Gasteiger partial charge in [0.15, 0.2) is 0 Å². The summed E-state index contributed by atoms with van der Waals surface area (Å²) in [6.07, 6.45) is 41.3. The maximum Gasteiger partial charge on any atom is 0.226 e. The highest BCUT2D eigenvalue weighted by molar-refractivity contribution is 5.84. The number of unbranched alkanes of at least 4 members (excludes halogenated alkanes) is 1. The van der Waals surface area contributed by atoms with Crippen LogP contribution >= 0.6 is 0 Å². The first-order valence-corrected chi connectivity index (χ1v) is 23.4. The molecule has 0 bridgehead atoms. The monoisotopic (exact) mass is 783 g/mol. The van der Waals surface area contributed by atoms with Crippen molar-refractivity contribution in [1.29, 1.82) is 0 Å². The summed E-state index contributed by atoms with van der Waals surface area (Å²) >= 11 is 0. The molecule has 0 aliphatic heterocycles. The van der Waals surface area contributed by atoms with Gasteiger partial charge >= 0.3 is 0 Å². The molecule has 318 valence electrons. The molecule has 0 aromatic carbocycles. The topological polar surface area (TPSA) is 78.4 Å². The molecular formula is C52H82N2O3. The van der Waals surface area contributed by atoms with E-state index < -0.39 is 0 Å². The van der Waals surface area contributed by atoms with Gasteiger partial charge in [-0.15, -0.1) is 0 Å². The highest BCUT2D eigenvalue weighted by atomic mass is 16.3. The Bertz CT molecular complexity index is 1550. The summed E-state index contributed by atoms with van der Waals surface area (Å²) in [7, 11) is 0. The third-order valence-corrected chi connectivity index (χ3v) is 17.1. The maximum atomic E-state index is 14.5. The van der Waals surface area contributed by atoms with Gasteiger partial charge in [-0.2, -0.15) is 0 Å². The third kappa shape index (κ3) is 9.39. The number of carbonyl (C=O) groups is 2. The van der Waals surface area contributed by atoms with Crippen molar-refractivity contribution in [2.75, 3.05) is 13.1 Å². The van der Waals surface area contributed by atoms with Crippen LogP contribution in [0.1, 0.15) is 165 Å². The number of aliphatic hydroxyl groups excluding tert-OH is 1. The fourth-order valence-corrected chi connectivity index (χ4v) is 13.3. The predicted molar refractivity (Wildman–Crippen MR) is 239 cm³/mol. The molecule has 57 heavy (non-hydrogen) atoms. The minimum Gasteiger partial charge on any atom is -0.393 e. The van der Waals surface area contributed by atoms with E-state index in [4.69, 9.17) is 0 Å². The fourth-order valence-electron chi connectivity index (χ4n) is 13.3. The van der Waals surface area contributed by atoms with E-state index in [2.05, 4.69) is 133 Å². The molecule has 4 fully saturated rings. The summed E-state index contributed by atoms with van der Waals surface area (Å²) in [6, 6.07) is 0. The number of amides is 2. The second kappa shape index (κ2) is 19.6. The van der Waals surface area contributed by atoms with Crippen LogP contribution in [0.25, 0.3) is 0 Å². The molecule has 0 radical (unpaired) electrons. The summed E-state index contributed by atoms with van der Waals surface area (Å²) in [5, 5.41) is 17.5. The van der Waals surface area contributed by atoms with Gasteiger partial charge < -0.3 is 15.7 Å². The van der Waals surface area contributed by atoms with Crippen molar-refractivity contribution in [2.24, 2.45) is 56.7 Å². The molecule has 0 saturated heterocycles. The minimum atomic E-state index is -0.371. The zero-order valence-corrected chi connectivity index (χ0v) is 37.5. The number of hydrogen-bond donors (Lipinski definition) is 3. The highest BCUT2D eigenvalue weighted by Crippen LogP contribution is 2.75. The van der Waals surface area contributed by atoms with E-state index in [1.807, 2.05) is 0 Å². The quantitative estimate of drug-likeness (QED) is 0.102. The van der Waals surface area contributed by atoms with Crippen molar-refractivity contribution < 1.29 is 14.7 Å². The average molecular weight is 783 g/mol. The maximum absolute atomic E-state index is 14.5. The van der Waals surface area contributed by atoms with Crippen molar-refractivity contribution in [2.45, 2.75) is 171 Å². The number of hydrogen-bond acceptors (Lipinski definition) is 3. The number of aliphatic hydroxyl groups is 1. The number of nitrogens with one attached hydrogen (secondary N) is 2. The molecule has 0 spiro atoms. The van der Waals surface area contributed by atoms with E-state index in [0.717, 1.165) is 89.9 Å².